The Morgan fingerprint density at radius 3 is 2.95 bits per heavy atom. The topological polar surface area (TPSA) is 29.9 Å². The molecule has 3 aromatic rings. The Balaban J connectivity index is 1.66. The number of rotatable bonds is 5. The fraction of sp³-hybridized carbons (Fsp3) is 0.353. The average Bonchev–Trinajstić information content (AvgIpc) is 3.15. The molecular formula is C17H19N3S. The van der Waals surface area contributed by atoms with Crippen LogP contribution in [0.4, 0.5) is 0 Å². The van der Waals surface area contributed by atoms with Crippen molar-refractivity contribution in [2.75, 3.05) is 0 Å². The number of benzene rings is 1. The lowest BCUT2D eigenvalue weighted by Gasteiger charge is -2.02. The molecule has 108 valence electrons. The van der Waals surface area contributed by atoms with Gasteiger partial charge in [0.1, 0.15) is 0 Å². The maximum absolute atomic E-state index is 4.36. The van der Waals surface area contributed by atoms with Crippen molar-refractivity contribution in [3.63, 3.8) is 0 Å². The van der Waals surface area contributed by atoms with Gasteiger partial charge in [0.15, 0.2) is 0 Å². The number of aromatic nitrogens is 2. The first-order chi connectivity index (χ1) is 10.3. The summed E-state index contributed by atoms with van der Waals surface area (Å²) in [6.07, 6.45) is 6.96. The van der Waals surface area contributed by atoms with Crippen molar-refractivity contribution in [2.24, 2.45) is 0 Å². The van der Waals surface area contributed by atoms with Crippen LogP contribution in [-0.2, 0) is 13.1 Å². The monoisotopic (exact) mass is 297 g/mol. The predicted octanol–water partition coefficient (Wildman–Crippen LogP) is 3.71. The van der Waals surface area contributed by atoms with Gasteiger partial charge in [-0.05, 0) is 31.4 Å². The van der Waals surface area contributed by atoms with Crippen LogP contribution in [-0.4, -0.2) is 15.6 Å². The first-order valence-electron chi connectivity index (χ1n) is 7.51. The van der Waals surface area contributed by atoms with E-state index in [0.29, 0.717) is 0 Å². The molecule has 1 aromatic carbocycles. The first kappa shape index (κ1) is 13.0. The molecule has 0 saturated heterocycles. The molecule has 0 amide bonds. The van der Waals surface area contributed by atoms with Crippen molar-refractivity contribution in [3.05, 3.63) is 52.1 Å². The standard InChI is InChI=1S/C17H19N3S/c1-12-18-9-15(21-12)11-20-10-13(8-19-14-6-7-14)16-4-2-3-5-17(16)20/h2-5,9-10,14,19H,6-8,11H2,1H3. The Hall–Kier alpha value is -1.65. The van der Waals surface area contributed by atoms with E-state index in [1.165, 1.54) is 34.2 Å². The molecule has 4 rings (SSSR count). The molecule has 4 heteroatoms. The molecular weight excluding hydrogens is 278 g/mol. The van der Waals surface area contributed by atoms with Crippen LogP contribution in [0.2, 0.25) is 0 Å². The molecule has 2 heterocycles. The van der Waals surface area contributed by atoms with Gasteiger partial charge in [0, 0.05) is 40.8 Å². The summed E-state index contributed by atoms with van der Waals surface area (Å²) in [5, 5.41) is 6.13. The quantitative estimate of drug-likeness (QED) is 0.778. The number of nitrogens with zero attached hydrogens (tertiary/aromatic N) is 2. The lowest BCUT2D eigenvalue weighted by atomic mass is 10.2. The van der Waals surface area contributed by atoms with Gasteiger partial charge in [-0.3, -0.25) is 0 Å². The zero-order valence-electron chi connectivity index (χ0n) is 12.2. The third-order valence-corrected chi connectivity index (χ3v) is 4.92. The summed E-state index contributed by atoms with van der Waals surface area (Å²) in [6.45, 7) is 3.95. The summed E-state index contributed by atoms with van der Waals surface area (Å²) in [6, 6.07) is 9.44. The first-order valence-corrected chi connectivity index (χ1v) is 8.33. The van der Waals surface area contributed by atoms with E-state index in [-0.39, 0.29) is 0 Å². The number of nitrogens with one attached hydrogen (secondary N) is 1. The van der Waals surface area contributed by atoms with E-state index in [1.807, 2.05) is 6.20 Å². The highest BCUT2D eigenvalue weighted by Gasteiger charge is 2.20. The smallest absolute Gasteiger partial charge is 0.0897 e. The van der Waals surface area contributed by atoms with Crippen LogP contribution in [0.25, 0.3) is 10.9 Å². The highest BCUT2D eigenvalue weighted by molar-refractivity contribution is 7.11. The Kier molecular flexibility index (Phi) is 3.28. The normalized spacial score (nSPS) is 14.9. The van der Waals surface area contributed by atoms with Crippen molar-refractivity contribution in [1.82, 2.24) is 14.9 Å². The molecule has 1 aliphatic carbocycles. The van der Waals surface area contributed by atoms with Gasteiger partial charge in [-0.15, -0.1) is 11.3 Å². The van der Waals surface area contributed by atoms with E-state index in [1.54, 1.807) is 11.3 Å². The summed E-state index contributed by atoms with van der Waals surface area (Å²) >= 11 is 1.78. The molecule has 0 bridgehead atoms. The molecule has 0 atom stereocenters. The van der Waals surface area contributed by atoms with Gasteiger partial charge in [0.05, 0.1) is 11.6 Å². The fourth-order valence-electron chi connectivity index (χ4n) is 2.78. The van der Waals surface area contributed by atoms with Gasteiger partial charge in [-0.1, -0.05) is 18.2 Å². The lowest BCUT2D eigenvalue weighted by Crippen LogP contribution is -2.14. The number of fused-ring (bicyclic) bond motifs is 1. The molecule has 1 aliphatic rings. The second-order valence-electron chi connectivity index (χ2n) is 5.80. The Labute approximate surface area is 128 Å². The van der Waals surface area contributed by atoms with E-state index in [0.717, 1.165) is 24.1 Å². The SMILES string of the molecule is Cc1ncc(Cn2cc(CNC3CC3)c3ccccc32)s1. The van der Waals surface area contributed by atoms with Gasteiger partial charge in [0.25, 0.3) is 0 Å². The van der Waals surface area contributed by atoms with Crippen LogP contribution in [0, 0.1) is 6.92 Å². The van der Waals surface area contributed by atoms with Gasteiger partial charge in [0.2, 0.25) is 0 Å². The molecule has 0 spiro atoms. The predicted molar refractivity (Wildman–Crippen MR) is 87.8 cm³/mol. The molecule has 1 fully saturated rings. The number of thiazole rings is 1. The maximum Gasteiger partial charge on any atom is 0.0897 e. The van der Waals surface area contributed by atoms with Crippen molar-refractivity contribution in [2.45, 2.75) is 38.9 Å². The van der Waals surface area contributed by atoms with Crippen LogP contribution < -0.4 is 5.32 Å². The van der Waals surface area contributed by atoms with E-state index in [4.69, 9.17) is 0 Å². The Bertz CT molecular complexity index is 767. The summed E-state index contributed by atoms with van der Waals surface area (Å²) in [5.74, 6) is 0. The number of hydrogen-bond acceptors (Lipinski definition) is 3. The van der Waals surface area contributed by atoms with Gasteiger partial charge < -0.3 is 9.88 Å². The molecule has 3 nitrogen and oxygen atoms in total. The fourth-order valence-corrected chi connectivity index (χ4v) is 3.58. The van der Waals surface area contributed by atoms with E-state index >= 15 is 0 Å². The van der Waals surface area contributed by atoms with Crippen LogP contribution >= 0.6 is 11.3 Å². The third-order valence-electron chi connectivity index (χ3n) is 4.02. The number of aryl methyl sites for hydroxylation is 1. The zero-order valence-corrected chi connectivity index (χ0v) is 13.0. The average molecular weight is 297 g/mol. The summed E-state index contributed by atoms with van der Waals surface area (Å²) < 4.78 is 2.35. The van der Waals surface area contributed by atoms with E-state index in [9.17, 15) is 0 Å². The van der Waals surface area contributed by atoms with Crippen molar-refractivity contribution in [1.29, 1.82) is 0 Å². The molecule has 0 aliphatic heterocycles. The van der Waals surface area contributed by atoms with Crippen molar-refractivity contribution >= 4 is 22.2 Å². The third kappa shape index (κ3) is 2.74. The molecule has 1 N–H and O–H groups in total. The lowest BCUT2D eigenvalue weighted by molar-refractivity contribution is 0.687. The van der Waals surface area contributed by atoms with Gasteiger partial charge in [-0.25, -0.2) is 4.98 Å². The second-order valence-corrected chi connectivity index (χ2v) is 7.12. The zero-order chi connectivity index (χ0) is 14.2. The maximum atomic E-state index is 4.36. The molecule has 0 radical (unpaired) electrons. The molecule has 0 unspecified atom stereocenters. The summed E-state index contributed by atoms with van der Waals surface area (Å²) in [5.41, 5.74) is 2.72. The number of para-hydroxylation sites is 1. The molecule has 2 aromatic heterocycles. The van der Waals surface area contributed by atoms with Crippen LogP contribution in [0.1, 0.15) is 28.3 Å². The number of hydrogen-bond donors (Lipinski definition) is 1. The van der Waals surface area contributed by atoms with Gasteiger partial charge >= 0.3 is 0 Å². The minimum absolute atomic E-state index is 0.747. The Morgan fingerprint density at radius 1 is 1.33 bits per heavy atom. The van der Waals surface area contributed by atoms with Crippen LogP contribution in [0.15, 0.2) is 36.7 Å². The summed E-state index contributed by atoms with van der Waals surface area (Å²) in [7, 11) is 0. The minimum Gasteiger partial charge on any atom is -0.342 e. The largest absolute Gasteiger partial charge is 0.342 e. The molecule has 1 saturated carbocycles. The highest BCUT2D eigenvalue weighted by atomic mass is 32.1. The van der Waals surface area contributed by atoms with E-state index < -0.39 is 0 Å². The molecule has 21 heavy (non-hydrogen) atoms. The van der Waals surface area contributed by atoms with Crippen LogP contribution in [0.3, 0.4) is 0 Å². The van der Waals surface area contributed by atoms with E-state index in [2.05, 4.69) is 52.3 Å². The summed E-state index contributed by atoms with van der Waals surface area (Å²) in [4.78, 5) is 5.68. The van der Waals surface area contributed by atoms with Crippen LogP contribution in [0.5, 0.6) is 0 Å². The van der Waals surface area contributed by atoms with Gasteiger partial charge in [-0.2, -0.15) is 0 Å². The van der Waals surface area contributed by atoms with Crippen molar-refractivity contribution < 1.29 is 0 Å². The Morgan fingerprint density at radius 2 is 2.19 bits per heavy atom. The van der Waals surface area contributed by atoms with Crippen molar-refractivity contribution in [3.8, 4) is 0 Å². The highest BCUT2D eigenvalue weighted by Crippen LogP contribution is 2.25. The minimum atomic E-state index is 0.747. The second kappa shape index (κ2) is 5.28.